The number of hydrogen-bond acceptors (Lipinski definition) is 4. The van der Waals surface area contributed by atoms with E-state index >= 15 is 0 Å². The number of methoxy groups -OCH3 is 2. The number of likely N-dealkylation sites (tertiary alicyclic amines) is 1. The lowest BCUT2D eigenvalue weighted by Crippen LogP contribution is -2.36. The fourth-order valence-corrected chi connectivity index (χ4v) is 2.38. The van der Waals surface area contributed by atoms with Crippen molar-refractivity contribution < 1.29 is 14.3 Å². The maximum Gasteiger partial charge on any atom is 0.323 e. The molecule has 0 spiro atoms. The number of rotatable bonds is 4. The van der Waals surface area contributed by atoms with E-state index in [1.165, 1.54) is 12.7 Å². The van der Waals surface area contributed by atoms with Crippen LogP contribution in [0.25, 0.3) is 0 Å². The van der Waals surface area contributed by atoms with Gasteiger partial charge >= 0.3 is 5.97 Å². The molecule has 0 aliphatic carbocycles. The van der Waals surface area contributed by atoms with Crippen LogP contribution in [0.5, 0.6) is 5.75 Å². The van der Waals surface area contributed by atoms with Gasteiger partial charge in [0.1, 0.15) is 11.8 Å². The predicted octanol–water partition coefficient (Wildman–Crippen LogP) is 1.83. The summed E-state index contributed by atoms with van der Waals surface area (Å²) < 4.78 is 9.97. The lowest BCUT2D eigenvalue weighted by atomic mass is 10.2. The number of benzene rings is 1. The Morgan fingerprint density at radius 3 is 2.67 bits per heavy atom. The van der Waals surface area contributed by atoms with E-state index in [1.54, 1.807) is 7.11 Å². The largest absolute Gasteiger partial charge is 0.497 e. The van der Waals surface area contributed by atoms with Crippen LogP contribution in [0.2, 0.25) is 0 Å². The monoisotopic (exact) mass is 249 g/mol. The van der Waals surface area contributed by atoms with Crippen molar-refractivity contribution in [3.05, 3.63) is 29.8 Å². The molecular weight excluding hydrogens is 230 g/mol. The molecule has 0 bridgehead atoms. The van der Waals surface area contributed by atoms with E-state index < -0.39 is 0 Å². The number of ether oxygens (including phenoxy) is 2. The lowest BCUT2D eigenvalue weighted by molar-refractivity contribution is -0.146. The Balaban J connectivity index is 2.01. The van der Waals surface area contributed by atoms with Gasteiger partial charge in [-0.15, -0.1) is 0 Å². The molecule has 1 aromatic rings. The van der Waals surface area contributed by atoms with Crippen molar-refractivity contribution >= 4 is 5.97 Å². The number of esters is 1. The molecule has 1 unspecified atom stereocenters. The molecule has 4 nitrogen and oxygen atoms in total. The van der Waals surface area contributed by atoms with E-state index in [2.05, 4.69) is 4.90 Å². The third-order valence-corrected chi connectivity index (χ3v) is 3.38. The van der Waals surface area contributed by atoms with Gasteiger partial charge in [-0.1, -0.05) is 12.1 Å². The van der Waals surface area contributed by atoms with Crippen molar-refractivity contribution in [1.82, 2.24) is 4.90 Å². The molecule has 98 valence electrons. The number of hydrogen-bond donors (Lipinski definition) is 0. The molecule has 1 atom stereocenters. The van der Waals surface area contributed by atoms with Crippen LogP contribution in [-0.2, 0) is 16.1 Å². The zero-order valence-corrected chi connectivity index (χ0v) is 10.9. The first kappa shape index (κ1) is 12.9. The minimum atomic E-state index is -0.124. The van der Waals surface area contributed by atoms with Gasteiger partial charge in [-0.2, -0.15) is 0 Å². The molecule has 1 aliphatic heterocycles. The van der Waals surface area contributed by atoms with Crippen LogP contribution in [0.3, 0.4) is 0 Å². The first-order valence-corrected chi connectivity index (χ1v) is 6.19. The Kier molecular flexibility index (Phi) is 4.20. The van der Waals surface area contributed by atoms with E-state index in [1.807, 2.05) is 24.3 Å². The molecular formula is C14H19NO3. The summed E-state index contributed by atoms with van der Waals surface area (Å²) in [5.41, 5.74) is 1.19. The highest BCUT2D eigenvalue weighted by molar-refractivity contribution is 5.75. The zero-order valence-electron chi connectivity index (χ0n) is 10.9. The molecule has 0 radical (unpaired) electrons. The quantitative estimate of drug-likeness (QED) is 0.763. The fraction of sp³-hybridized carbons (Fsp3) is 0.500. The van der Waals surface area contributed by atoms with Gasteiger partial charge in [0.05, 0.1) is 14.2 Å². The molecule has 0 amide bonds. The Morgan fingerprint density at radius 2 is 2.06 bits per heavy atom. The normalized spacial score (nSPS) is 19.8. The van der Waals surface area contributed by atoms with E-state index in [4.69, 9.17) is 9.47 Å². The van der Waals surface area contributed by atoms with Crippen LogP contribution >= 0.6 is 0 Å². The summed E-state index contributed by atoms with van der Waals surface area (Å²) in [5, 5.41) is 0. The maximum absolute atomic E-state index is 11.6. The summed E-state index contributed by atoms with van der Waals surface area (Å²) in [4.78, 5) is 13.8. The summed E-state index contributed by atoms with van der Waals surface area (Å²) in [7, 11) is 3.11. The van der Waals surface area contributed by atoms with Crippen LogP contribution in [0, 0.1) is 0 Å². The first-order chi connectivity index (χ1) is 8.74. The first-order valence-electron chi connectivity index (χ1n) is 6.19. The van der Waals surface area contributed by atoms with Crippen LogP contribution < -0.4 is 4.74 Å². The Labute approximate surface area is 107 Å². The van der Waals surface area contributed by atoms with Gasteiger partial charge in [-0.05, 0) is 37.1 Å². The van der Waals surface area contributed by atoms with E-state index in [9.17, 15) is 4.79 Å². The molecule has 4 heteroatoms. The van der Waals surface area contributed by atoms with Crippen LogP contribution in [0.15, 0.2) is 24.3 Å². The smallest absolute Gasteiger partial charge is 0.323 e. The van der Waals surface area contributed by atoms with Gasteiger partial charge in [0, 0.05) is 6.54 Å². The number of carbonyl (C=O) groups excluding carboxylic acids is 1. The minimum Gasteiger partial charge on any atom is -0.497 e. The van der Waals surface area contributed by atoms with E-state index in [0.717, 1.165) is 31.7 Å². The molecule has 1 fully saturated rings. The van der Waals surface area contributed by atoms with E-state index in [-0.39, 0.29) is 12.0 Å². The molecule has 2 rings (SSSR count). The molecule has 1 heterocycles. The van der Waals surface area contributed by atoms with Crippen molar-refractivity contribution in [2.24, 2.45) is 0 Å². The van der Waals surface area contributed by atoms with Crippen molar-refractivity contribution in [3.8, 4) is 5.75 Å². The second-order valence-electron chi connectivity index (χ2n) is 4.50. The Hall–Kier alpha value is -1.55. The van der Waals surface area contributed by atoms with Gasteiger partial charge < -0.3 is 9.47 Å². The minimum absolute atomic E-state index is 0.0860. The number of nitrogens with zero attached hydrogens (tertiary/aromatic N) is 1. The van der Waals surface area contributed by atoms with Crippen LogP contribution in [0.4, 0.5) is 0 Å². The van der Waals surface area contributed by atoms with Crippen molar-refractivity contribution in [1.29, 1.82) is 0 Å². The zero-order chi connectivity index (χ0) is 13.0. The summed E-state index contributed by atoms with van der Waals surface area (Å²) in [6.45, 7) is 1.73. The number of carbonyl (C=O) groups is 1. The molecule has 0 N–H and O–H groups in total. The highest BCUT2D eigenvalue weighted by Gasteiger charge is 2.31. The van der Waals surface area contributed by atoms with Crippen LogP contribution in [0.1, 0.15) is 18.4 Å². The molecule has 0 aromatic heterocycles. The highest BCUT2D eigenvalue weighted by atomic mass is 16.5. The second kappa shape index (κ2) is 5.87. The molecule has 1 aromatic carbocycles. The second-order valence-corrected chi connectivity index (χ2v) is 4.50. The molecule has 1 saturated heterocycles. The predicted molar refractivity (Wildman–Crippen MR) is 68.4 cm³/mol. The lowest BCUT2D eigenvalue weighted by Gasteiger charge is -2.22. The summed E-state index contributed by atoms with van der Waals surface area (Å²) in [6, 6.07) is 7.87. The molecule has 0 saturated carbocycles. The summed E-state index contributed by atoms with van der Waals surface area (Å²) in [5.74, 6) is 0.728. The van der Waals surface area contributed by atoms with Gasteiger partial charge in [0.15, 0.2) is 0 Å². The Bertz CT molecular complexity index is 402. The highest BCUT2D eigenvalue weighted by Crippen LogP contribution is 2.22. The summed E-state index contributed by atoms with van der Waals surface area (Å²) in [6.07, 6.45) is 1.94. The molecule has 18 heavy (non-hydrogen) atoms. The van der Waals surface area contributed by atoms with Crippen LogP contribution in [-0.4, -0.2) is 37.7 Å². The van der Waals surface area contributed by atoms with Gasteiger partial charge in [0.25, 0.3) is 0 Å². The van der Waals surface area contributed by atoms with E-state index in [0.29, 0.717) is 0 Å². The van der Waals surface area contributed by atoms with Gasteiger partial charge in [-0.3, -0.25) is 9.69 Å². The topological polar surface area (TPSA) is 38.8 Å². The average Bonchev–Trinajstić information content (AvgIpc) is 2.87. The third kappa shape index (κ3) is 2.82. The van der Waals surface area contributed by atoms with Crippen molar-refractivity contribution in [2.45, 2.75) is 25.4 Å². The average molecular weight is 249 g/mol. The SMILES string of the molecule is COC(=O)C1CCCN1Cc1ccc(OC)cc1. The van der Waals surface area contributed by atoms with Crippen molar-refractivity contribution in [2.75, 3.05) is 20.8 Å². The maximum atomic E-state index is 11.6. The summed E-state index contributed by atoms with van der Waals surface area (Å²) >= 11 is 0. The standard InChI is InChI=1S/C14H19NO3/c1-17-12-7-5-11(6-8-12)10-15-9-3-4-13(15)14(16)18-2/h5-8,13H,3-4,9-10H2,1-2H3. The van der Waals surface area contributed by atoms with Gasteiger partial charge in [-0.25, -0.2) is 0 Å². The fourth-order valence-electron chi connectivity index (χ4n) is 2.38. The third-order valence-electron chi connectivity index (χ3n) is 3.38. The van der Waals surface area contributed by atoms with Crippen molar-refractivity contribution in [3.63, 3.8) is 0 Å². The van der Waals surface area contributed by atoms with Gasteiger partial charge in [0.2, 0.25) is 0 Å². The molecule has 1 aliphatic rings. The Morgan fingerprint density at radius 1 is 1.33 bits per heavy atom.